The SMILES string of the molecule is C=CN1CCC=C([C@H]2CC3=C(C4=N/C(=C\C(C)F)C=C4)[C@H](c4ccc(F)cc4Cl)N=C(C4CC=CS4)N3C2)CC1. The van der Waals surface area contributed by atoms with Gasteiger partial charge >= 0.3 is 0 Å². The molecule has 208 valence electrons. The minimum Gasteiger partial charge on any atom is -0.377 e. The number of thioether (sulfide) groups is 1. The largest absolute Gasteiger partial charge is 0.377 e. The van der Waals surface area contributed by atoms with Crippen molar-refractivity contribution < 1.29 is 8.78 Å². The third kappa shape index (κ3) is 5.38. The molecule has 1 fully saturated rings. The average molecular weight is 579 g/mol. The van der Waals surface area contributed by atoms with E-state index >= 15 is 0 Å². The number of benzene rings is 1. The number of fused-ring (bicyclic) bond motifs is 1. The van der Waals surface area contributed by atoms with Crippen LogP contribution >= 0.6 is 23.4 Å². The zero-order valence-electron chi connectivity index (χ0n) is 22.6. The minimum atomic E-state index is -1.10. The quantitative estimate of drug-likeness (QED) is 0.321. The van der Waals surface area contributed by atoms with E-state index in [1.807, 2.05) is 18.4 Å². The first-order valence-electron chi connectivity index (χ1n) is 13.9. The van der Waals surface area contributed by atoms with Crippen molar-refractivity contribution in [3.05, 3.63) is 106 Å². The summed E-state index contributed by atoms with van der Waals surface area (Å²) in [5, 5.41) is 2.70. The van der Waals surface area contributed by atoms with Crippen LogP contribution in [0.15, 0.2) is 99.3 Å². The van der Waals surface area contributed by atoms with Gasteiger partial charge in [-0.3, -0.25) is 4.99 Å². The van der Waals surface area contributed by atoms with Gasteiger partial charge in [0.25, 0.3) is 0 Å². The maximum atomic E-state index is 14.1. The lowest BCUT2D eigenvalue weighted by Gasteiger charge is -2.35. The zero-order valence-corrected chi connectivity index (χ0v) is 24.1. The lowest BCUT2D eigenvalue weighted by atomic mass is 9.88. The van der Waals surface area contributed by atoms with Gasteiger partial charge in [0.15, 0.2) is 0 Å². The van der Waals surface area contributed by atoms with Gasteiger partial charge in [0.2, 0.25) is 0 Å². The van der Waals surface area contributed by atoms with E-state index in [9.17, 15) is 8.78 Å². The first kappa shape index (κ1) is 27.3. The van der Waals surface area contributed by atoms with Gasteiger partial charge in [-0.25, -0.2) is 13.8 Å². The fourth-order valence-electron chi connectivity index (χ4n) is 6.25. The highest BCUT2D eigenvalue weighted by Crippen LogP contribution is 2.47. The van der Waals surface area contributed by atoms with Crippen molar-refractivity contribution in [3.8, 4) is 0 Å². The van der Waals surface area contributed by atoms with Gasteiger partial charge in [0.05, 0.1) is 16.7 Å². The molecular weight excluding hydrogens is 546 g/mol. The molecule has 5 aliphatic rings. The number of rotatable bonds is 6. The predicted octanol–water partition coefficient (Wildman–Crippen LogP) is 7.95. The number of alkyl halides is 1. The third-order valence-corrected chi connectivity index (χ3v) is 9.56. The van der Waals surface area contributed by atoms with Crippen molar-refractivity contribution in [1.29, 1.82) is 0 Å². The number of halogens is 3. The van der Waals surface area contributed by atoms with Crippen molar-refractivity contribution in [3.63, 3.8) is 0 Å². The molecule has 1 aromatic carbocycles. The topological polar surface area (TPSA) is 31.2 Å². The van der Waals surface area contributed by atoms with E-state index < -0.39 is 12.2 Å². The van der Waals surface area contributed by atoms with Gasteiger partial charge in [-0.15, -0.1) is 11.8 Å². The van der Waals surface area contributed by atoms with Crippen molar-refractivity contribution in [2.45, 2.75) is 50.1 Å². The van der Waals surface area contributed by atoms with Crippen LogP contribution in [0.25, 0.3) is 0 Å². The molecule has 0 aromatic heterocycles. The Morgan fingerprint density at radius 1 is 1.25 bits per heavy atom. The Bertz CT molecular complexity index is 1410. The molecule has 6 rings (SSSR count). The molecule has 0 aliphatic carbocycles. The molecule has 0 radical (unpaired) electrons. The van der Waals surface area contributed by atoms with Crippen LogP contribution in [0.1, 0.15) is 44.2 Å². The summed E-state index contributed by atoms with van der Waals surface area (Å²) in [7, 11) is 0. The lowest BCUT2D eigenvalue weighted by Crippen LogP contribution is -2.39. The second-order valence-electron chi connectivity index (χ2n) is 10.8. The Balaban J connectivity index is 1.47. The second-order valence-corrected chi connectivity index (χ2v) is 12.3. The van der Waals surface area contributed by atoms with E-state index in [1.54, 1.807) is 17.8 Å². The molecule has 0 saturated carbocycles. The molecule has 0 spiro atoms. The fourth-order valence-corrected chi connectivity index (χ4v) is 7.47. The van der Waals surface area contributed by atoms with Crippen LogP contribution in [-0.2, 0) is 0 Å². The summed E-state index contributed by atoms with van der Waals surface area (Å²) in [5.74, 6) is 1.02. The van der Waals surface area contributed by atoms with E-state index in [2.05, 4.69) is 33.9 Å². The van der Waals surface area contributed by atoms with E-state index in [0.29, 0.717) is 16.6 Å². The molecule has 2 unspecified atom stereocenters. The number of hydrogen-bond donors (Lipinski definition) is 0. The van der Waals surface area contributed by atoms with Gasteiger partial charge in [-0.05, 0) is 74.6 Å². The average Bonchev–Trinajstić information content (AvgIpc) is 3.67. The molecule has 4 atom stereocenters. The van der Waals surface area contributed by atoms with Crippen LogP contribution in [-0.4, -0.2) is 52.4 Å². The monoisotopic (exact) mass is 578 g/mol. The summed E-state index contributed by atoms with van der Waals surface area (Å²) in [6, 6.07) is 4.11. The van der Waals surface area contributed by atoms with Gasteiger partial charge in [0.1, 0.15) is 23.9 Å². The summed E-state index contributed by atoms with van der Waals surface area (Å²) in [6.07, 6.45) is 14.6. The molecular formula is C32H33ClF2N4S. The van der Waals surface area contributed by atoms with Crippen LogP contribution < -0.4 is 0 Å². The van der Waals surface area contributed by atoms with Crippen molar-refractivity contribution >= 4 is 34.9 Å². The normalized spacial score (nSPS) is 28.1. The maximum Gasteiger partial charge on any atom is 0.124 e. The van der Waals surface area contributed by atoms with Gasteiger partial charge in [-0.1, -0.05) is 42.0 Å². The van der Waals surface area contributed by atoms with Gasteiger partial charge in [0, 0.05) is 47.4 Å². The summed E-state index contributed by atoms with van der Waals surface area (Å²) >= 11 is 8.46. The second kappa shape index (κ2) is 11.5. The fraction of sp³-hybridized carbons (Fsp3) is 0.375. The van der Waals surface area contributed by atoms with Gasteiger partial charge in [-0.2, -0.15) is 0 Å². The van der Waals surface area contributed by atoms with Crippen LogP contribution in [0.5, 0.6) is 0 Å². The molecule has 0 bridgehead atoms. The number of hydrogen-bond acceptors (Lipinski definition) is 5. The third-order valence-electron chi connectivity index (χ3n) is 8.16. The summed E-state index contributed by atoms with van der Waals surface area (Å²) in [5.41, 5.74) is 5.77. The standard InChI is InChI=1S/C32H33ClF2N4S/c1-3-38-13-4-6-21(12-14-38)22-17-28-30(27-11-9-24(36-27)16-20(2)34)31(25-10-8-23(35)18-26(25)33)37-32(39(28)19-22)29-7-5-15-40-29/h3,5-6,8-11,15-16,18,20,22,29,31H,1,4,7,12-14,17,19H2,2H3/b24-16-/t20?,22-,29?,31-/m0/s1. The number of allylic oxidation sites excluding steroid dienone is 5. The minimum absolute atomic E-state index is 0.209. The van der Waals surface area contributed by atoms with E-state index in [-0.39, 0.29) is 11.1 Å². The highest BCUT2D eigenvalue weighted by molar-refractivity contribution is 8.03. The molecule has 5 aliphatic heterocycles. The molecule has 0 amide bonds. The number of amidine groups is 1. The van der Waals surface area contributed by atoms with Crippen LogP contribution in [0.4, 0.5) is 8.78 Å². The van der Waals surface area contributed by atoms with E-state index in [0.717, 1.165) is 68.0 Å². The molecule has 40 heavy (non-hydrogen) atoms. The number of aliphatic imine (C=N–C) groups is 2. The summed E-state index contributed by atoms with van der Waals surface area (Å²) < 4.78 is 28.0. The molecule has 1 aromatic rings. The summed E-state index contributed by atoms with van der Waals surface area (Å²) in [6.45, 7) is 8.29. The molecule has 4 nitrogen and oxygen atoms in total. The number of nitrogens with zero attached hydrogens (tertiary/aromatic N) is 4. The highest BCUT2D eigenvalue weighted by Gasteiger charge is 2.43. The Hall–Kier alpha value is -2.90. The van der Waals surface area contributed by atoms with Crippen molar-refractivity contribution in [2.75, 3.05) is 19.6 Å². The smallest absolute Gasteiger partial charge is 0.124 e. The Morgan fingerprint density at radius 3 is 2.88 bits per heavy atom. The van der Waals surface area contributed by atoms with Crippen LogP contribution in [0.3, 0.4) is 0 Å². The first-order valence-corrected chi connectivity index (χ1v) is 15.3. The van der Waals surface area contributed by atoms with E-state index in [4.69, 9.17) is 21.6 Å². The maximum absolute atomic E-state index is 14.1. The van der Waals surface area contributed by atoms with E-state index in [1.165, 1.54) is 36.4 Å². The Labute approximate surface area is 244 Å². The van der Waals surface area contributed by atoms with Gasteiger partial charge < -0.3 is 9.80 Å². The first-order chi connectivity index (χ1) is 19.4. The highest BCUT2D eigenvalue weighted by atomic mass is 35.5. The van der Waals surface area contributed by atoms with Crippen LogP contribution in [0.2, 0.25) is 5.02 Å². The van der Waals surface area contributed by atoms with Crippen molar-refractivity contribution in [1.82, 2.24) is 9.80 Å². The van der Waals surface area contributed by atoms with Crippen molar-refractivity contribution in [2.24, 2.45) is 15.9 Å². The molecule has 5 heterocycles. The molecule has 0 N–H and O–H groups in total. The lowest BCUT2D eigenvalue weighted by molar-refractivity contribution is 0.392. The predicted molar refractivity (Wildman–Crippen MR) is 163 cm³/mol. The zero-order chi connectivity index (χ0) is 27.8. The van der Waals surface area contributed by atoms with Crippen LogP contribution in [0, 0.1) is 11.7 Å². The Kier molecular flexibility index (Phi) is 7.87. The molecule has 1 saturated heterocycles. The Morgan fingerprint density at radius 2 is 2.12 bits per heavy atom. The summed E-state index contributed by atoms with van der Waals surface area (Å²) in [4.78, 5) is 14.9. The molecule has 8 heteroatoms.